The second-order valence-corrected chi connectivity index (χ2v) is 5.47. The van der Waals surface area contributed by atoms with Gasteiger partial charge in [0, 0.05) is 11.5 Å². The van der Waals surface area contributed by atoms with E-state index < -0.39 is 0 Å². The van der Waals surface area contributed by atoms with Gasteiger partial charge in [0.15, 0.2) is 5.78 Å². The fourth-order valence-corrected chi connectivity index (χ4v) is 2.75. The highest BCUT2D eigenvalue weighted by molar-refractivity contribution is 6.04. The van der Waals surface area contributed by atoms with E-state index in [2.05, 4.69) is 19.1 Å². The van der Waals surface area contributed by atoms with Crippen molar-refractivity contribution in [2.75, 3.05) is 0 Å². The Bertz CT molecular complexity index is 445. The number of ketones is 1. The Labute approximate surface area is 116 Å². The Balaban J connectivity index is 1.79. The fraction of sp³-hybridized carbons (Fsp3) is 0.500. The molecule has 0 spiro atoms. The third-order valence-electron chi connectivity index (χ3n) is 3.94. The predicted octanol–water partition coefficient (Wildman–Crippen LogP) is 5.26. The Morgan fingerprint density at radius 2 is 1.74 bits per heavy atom. The van der Waals surface area contributed by atoms with Gasteiger partial charge in [-0.2, -0.15) is 0 Å². The molecule has 0 aromatic heterocycles. The zero-order chi connectivity index (χ0) is 13.5. The molecule has 2 rings (SSSR count). The zero-order valence-corrected chi connectivity index (χ0v) is 11.9. The number of rotatable bonds is 7. The van der Waals surface area contributed by atoms with Crippen LogP contribution in [0.15, 0.2) is 30.3 Å². The Kier molecular flexibility index (Phi) is 5.38. The van der Waals surface area contributed by atoms with Crippen LogP contribution < -0.4 is 0 Å². The normalized spacial score (nSPS) is 17.5. The van der Waals surface area contributed by atoms with Gasteiger partial charge in [-0.15, -0.1) is 0 Å². The molecule has 0 saturated carbocycles. The van der Waals surface area contributed by atoms with Crippen LogP contribution in [-0.4, -0.2) is 5.78 Å². The van der Waals surface area contributed by atoms with Crippen LogP contribution in [0.4, 0.5) is 0 Å². The van der Waals surface area contributed by atoms with E-state index in [1.165, 1.54) is 38.5 Å². The van der Waals surface area contributed by atoms with Gasteiger partial charge in [0.25, 0.3) is 0 Å². The van der Waals surface area contributed by atoms with Gasteiger partial charge in [-0.25, -0.2) is 0 Å². The summed E-state index contributed by atoms with van der Waals surface area (Å²) in [7, 11) is 0. The van der Waals surface area contributed by atoms with Crippen molar-refractivity contribution < 1.29 is 4.79 Å². The number of fused-ring (bicyclic) bond motifs is 1. The number of unbranched alkanes of at least 4 members (excludes halogenated alkanes) is 5. The molecule has 1 nitrogen and oxygen atoms in total. The summed E-state index contributed by atoms with van der Waals surface area (Å²) in [6.45, 7) is 2.24. The van der Waals surface area contributed by atoms with Gasteiger partial charge >= 0.3 is 0 Å². The number of benzene rings is 1. The fourth-order valence-electron chi connectivity index (χ4n) is 2.75. The zero-order valence-electron chi connectivity index (χ0n) is 11.9. The third-order valence-corrected chi connectivity index (χ3v) is 3.94. The maximum Gasteiger partial charge on any atom is 0.170 e. The van der Waals surface area contributed by atoms with Crippen LogP contribution in [0, 0.1) is 5.92 Å². The van der Waals surface area contributed by atoms with Crippen LogP contribution >= 0.6 is 0 Å². The summed E-state index contributed by atoms with van der Waals surface area (Å²) in [5, 5.41) is 0. The van der Waals surface area contributed by atoms with Crippen LogP contribution in [0.25, 0.3) is 6.08 Å². The molecule has 0 aliphatic heterocycles. The number of hydrogen-bond acceptors (Lipinski definition) is 1. The summed E-state index contributed by atoms with van der Waals surface area (Å²) < 4.78 is 0. The first-order chi connectivity index (χ1) is 9.33. The molecule has 19 heavy (non-hydrogen) atoms. The van der Waals surface area contributed by atoms with E-state index in [0.29, 0.717) is 5.78 Å². The standard InChI is InChI=1S/C18H24O/c1-2-3-4-5-6-7-11-16-14-13-15-10-8-9-12-17(15)18(16)19/h8-10,12-14,16H,2-7,11H2,1H3. The highest BCUT2D eigenvalue weighted by Crippen LogP contribution is 2.26. The number of allylic oxidation sites excluding steroid dienone is 1. The molecule has 1 aromatic carbocycles. The minimum Gasteiger partial charge on any atom is -0.293 e. The molecule has 0 amide bonds. The molecule has 1 unspecified atom stereocenters. The van der Waals surface area contributed by atoms with Gasteiger partial charge in [-0.3, -0.25) is 4.79 Å². The maximum atomic E-state index is 12.3. The van der Waals surface area contributed by atoms with Crippen LogP contribution in [0.2, 0.25) is 0 Å². The van der Waals surface area contributed by atoms with E-state index in [9.17, 15) is 4.79 Å². The van der Waals surface area contributed by atoms with Crippen molar-refractivity contribution in [1.29, 1.82) is 0 Å². The number of carbonyl (C=O) groups is 1. The maximum absolute atomic E-state index is 12.3. The minimum atomic E-state index is 0.112. The summed E-state index contributed by atoms with van der Waals surface area (Å²) in [6.07, 6.45) is 12.9. The second-order valence-electron chi connectivity index (χ2n) is 5.47. The van der Waals surface area contributed by atoms with Gasteiger partial charge in [0.05, 0.1) is 0 Å². The van der Waals surface area contributed by atoms with Crippen molar-refractivity contribution in [3.05, 3.63) is 41.5 Å². The van der Waals surface area contributed by atoms with Gasteiger partial charge in [-0.1, -0.05) is 81.9 Å². The Hall–Kier alpha value is -1.37. The van der Waals surface area contributed by atoms with E-state index >= 15 is 0 Å². The highest BCUT2D eigenvalue weighted by atomic mass is 16.1. The average molecular weight is 256 g/mol. The molecular formula is C18H24O. The third kappa shape index (κ3) is 3.79. The van der Waals surface area contributed by atoms with Crippen LogP contribution in [0.1, 0.15) is 67.8 Å². The molecule has 1 aromatic rings. The van der Waals surface area contributed by atoms with E-state index in [1.54, 1.807) is 0 Å². The van der Waals surface area contributed by atoms with Gasteiger partial charge in [0.2, 0.25) is 0 Å². The van der Waals surface area contributed by atoms with E-state index in [1.807, 2.05) is 24.3 Å². The molecule has 0 fully saturated rings. The molecule has 1 heteroatoms. The first-order valence-electron chi connectivity index (χ1n) is 7.64. The van der Waals surface area contributed by atoms with Crippen LogP contribution in [0.5, 0.6) is 0 Å². The lowest BCUT2D eigenvalue weighted by Crippen LogP contribution is -2.16. The molecule has 1 atom stereocenters. The van der Waals surface area contributed by atoms with Gasteiger partial charge < -0.3 is 0 Å². The molecule has 0 saturated heterocycles. The van der Waals surface area contributed by atoms with Crippen LogP contribution in [-0.2, 0) is 0 Å². The van der Waals surface area contributed by atoms with Crippen molar-refractivity contribution >= 4 is 11.9 Å². The molecule has 1 aliphatic carbocycles. The predicted molar refractivity (Wildman–Crippen MR) is 81.3 cm³/mol. The summed E-state index contributed by atoms with van der Waals surface area (Å²) in [6, 6.07) is 7.92. The first-order valence-corrected chi connectivity index (χ1v) is 7.64. The van der Waals surface area contributed by atoms with Crippen molar-refractivity contribution in [2.24, 2.45) is 5.92 Å². The smallest absolute Gasteiger partial charge is 0.170 e. The minimum absolute atomic E-state index is 0.112. The number of Topliss-reactive ketones (excluding diaryl/α,β-unsaturated/α-hetero) is 1. The lowest BCUT2D eigenvalue weighted by atomic mass is 9.85. The summed E-state index contributed by atoms with van der Waals surface area (Å²) in [5.74, 6) is 0.424. The lowest BCUT2D eigenvalue weighted by molar-refractivity contribution is 0.0937. The molecule has 0 heterocycles. The molecule has 0 radical (unpaired) electrons. The summed E-state index contributed by atoms with van der Waals surface area (Å²) >= 11 is 0. The topological polar surface area (TPSA) is 17.1 Å². The van der Waals surface area contributed by atoms with Gasteiger partial charge in [0.1, 0.15) is 0 Å². The molecule has 102 valence electrons. The van der Waals surface area contributed by atoms with Crippen molar-refractivity contribution in [3.8, 4) is 0 Å². The van der Waals surface area contributed by atoms with Gasteiger partial charge in [-0.05, 0) is 12.0 Å². The SMILES string of the molecule is CCCCCCCCC1C=Cc2ccccc2C1=O. The second kappa shape index (κ2) is 7.28. The molecule has 0 N–H and O–H groups in total. The molecule has 0 bridgehead atoms. The lowest BCUT2D eigenvalue weighted by Gasteiger charge is -2.17. The average Bonchev–Trinajstić information content (AvgIpc) is 2.45. The Morgan fingerprint density at radius 1 is 1.00 bits per heavy atom. The summed E-state index contributed by atoms with van der Waals surface area (Å²) in [5.41, 5.74) is 1.98. The summed E-state index contributed by atoms with van der Waals surface area (Å²) in [4.78, 5) is 12.3. The first kappa shape index (κ1) is 14.0. The van der Waals surface area contributed by atoms with E-state index in [0.717, 1.165) is 17.5 Å². The van der Waals surface area contributed by atoms with E-state index in [-0.39, 0.29) is 5.92 Å². The van der Waals surface area contributed by atoms with Crippen molar-refractivity contribution in [3.63, 3.8) is 0 Å². The van der Waals surface area contributed by atoms with Crippen molar-refractivity contribution in [2.45, 2.75) is 51.9 Å². The van der Waals surface area contributed by atoms with E-state index in [4.69, 9.17) is 0 Å². The number of hydrogen-bond donors (Lipinski definition) is 0. The van der Waals surface area contributed by atoms with Crippen molar-refractivity contribution in [1.82, 2.24) is 0 Å². The Morgan fingerprint density at radius 3 is 2.58 bits per heavy atom. The monoisotopic (exact) mass is 256 g/mol. The highest BCUT2D eigenvalue weighted by Gasteiger charge is 2.22. The van der Waals surface area contributed by atoms with Crippen LogP contribution in [0.3, 0.4) is 0 Å². The molecular weight excluding hydrogens is 232 g/mol. The molecule has 1 aliphatic rings. The number of carbonyl (C=O) groups excluding carboxylic acids is 1. The quantitative estimate of drug-likeness (QED) is 0.608. The largest absolute Gasteiger partial charge is 0.293 e.